The lowest BCUT2D eigenvalue weighted by molar-refractivity contribution is 0.101. The summed E-state index contributed by atoms with van der Waals surface area (Å²) in [4.78, 5) is 24.9. The Bertz CT molecular complexity index is 965. The van der Waals surface area contributed by atoms with E-state index in [9.17, 15) is 9.59 Å². The molecule has 1 N–H and O–H groups in total. The molecule has 0 radical (unpaired) electrons. The number of nitrogens with zero attached hydrogens (tertiary/aromatic N) is 4. The monoisotopic (exact) mass is 349 g/mol. The Labute approximate surface area is 139 Å². The first-order chi connectivity index (χ1) is 11.0. The highest BCUT2D eigenvalue weighted by Crippen LogP contribution is 2.18. The molecule has 1 amide bonds. The first kappa shape index (κ1) is 15.6. The summed E-state index contributed by atoms with van der Waals surface area (Å²) in [6, 6.07) is 4.94. The normalized spacial score (nSPS) is 10.9. The topological polar surface area (TPSA) is 89.8 Å². The van der Waals surface area contributed by atoms with Gasteiger partial charge in [0, 0.05) is 11.6 Å². The number of hydrogen-bond acceptors (Lipinski definition) is 6. The molecule has 0 spiro atoms. The van der Waals surface area contributed by atoms with Crippen LogP contribution in [0.1, 0.15) is 22.4 Å². The maximum atomic E-state index is 12.6. The Balaban J connectivity index is 2.11. The van der Waals surface area contributed by atoms with Crippen LogP contribution in [0.2, 0.25) is 5.02 Å². The zero-order valence-electron chi connectivity index (χ0n) is 12.3. The molecule has 2 heterocycles. The van der Waals surface area contributed by atoms with Crippen LogP contribution in [0.3, 0.4) is 0 Å². The molecule has 2 aromatic heterocycles. The van der Waals surface area contributed by atoms with Crippen molar-refractivity contribution < 1.29 is 4.79 Å². The third kappa shape index (κ3) is 2.95. The first-order valence-corrected chi connectivity index (χ1v) is 8.01. The van der Waals surface area contributed by atoms with Crippen molar-refractivity contribution in [1.29, 1.82) is 0 Å². The molecule has 0 bridgehead atoms. The predicted molar refractivity (Wildman–Crippen MR) is 89.3 cm³/mol. The number of rotatable bonds is 3. The minimum atomic E-state index is -0.616. The molecule has 0 saturated heterocycles. The van der Waals surface area contributed by atoms with E-state index in [0.717, 1.165) is 0 Å². The van der Waals surface area contributed by atoms with E-state index in [2.05, 4.69) is 20.6 Å². The third-order valence-electron chi connectivity index (χ3n) is 3.18. The van der Waals surface area contributed by atoms with E-state index in [0.29, 0.717) is 32.6 Å². The number of amides is 1. The van der Waals surface area contributed by atoms with Gasteiger partial charge in [-0.15, -0.1) is 10.2 Å². The second-order valence-corrected chi connectivity index (χ2v) is 6.35. The maximum Gasteiger partial charge on any atom is 0.282 e. The summed E-state index contributed by atoms with van der Waals surface area (Å²) in [5.74, 6) is -0.616. The molecule has 3 aromatic rings. The molecule has 118 valence electrons. The number of anilines is 1. The summed E-state index contributed by atoms with van der Waals surface area (Å²) in [5.41, 5.74) is -0.0365. The number of aromatic nitrogens is 4. The summed E-state index contributed by atoms with van der Waals surface area (Å²) in [7, 11) is 0. The Morgan fingerprint density at radius 1 is 1.39 bits per heavy atom. The van der Waals surface area contributed by atoms with Gasteiger partial charge in [0.05, 0.1) is 10.9 Å². The average molecular weight is 350 g/mol. The quantitative estimate of drug-likeness (QED) is 0.784. The highest BCUT2D eigenvalue weighted by molar-refractivity contribution is 7.15. The number of nitrogens with one attached hydrogen (secondary N) is 1. The fourth-order valence-electron chi connectivity index (χ4n) is 2.16. The van der Waals surface area contributed by atoms with Crippen molar-refractivity contribution in [3.63, 3.8) is 0 Å². The molecule has 0 saturated carbocycles. The number of halogens is 1. The Kier molecular flexibility index (Phi) is 4.10. The second-order valence-electron chi connectivity index (χ2n) is 4.74. The minimum absolute atomic E-state index is 0.200. The summed E-state index contributed by atoms with van der Waals surface area (Å²) in [6.45, 7) is 4.16. The number of hydrogen-bond donors (Lipinski definition) is 1. The van der Waals surface area contributed by atoms with Gasteiger partial charge in [0.25, 0.3) is 5.91 Å². The first-order valence-electron chi connectivity index (χ1n) is 6.81. The van der Waals surface area contributed by atoms with Crippen molar-refractivity contribution in [3.05, 3.63) is 44.1 Å². The summed E-state index contributed by atoms with van der Waals surface area (Å²) in [6.07, 6.45) is 0. The number of fused-ring (bicyclic) bond motifs is 1. The maximum absolute atomic E-state index is 12.6. The van der Waals surface area contributed by atoms with Crippen LogP contribution in [0.15, 0.2) is 23.0 Å². The zero-order chi connectivity index (χ0) is 16.6. The SMILES string of the molecule is CCn1nc(C(=O)Nc2nnc(C)s2)c(=O)c2cc(Cl)ccc21. The minimum Gasteiger partial charge on any atom is -0.295 e. The van der Waals surface area contributed by atoms with Crippen LogP contribution in [0, 0.1) is 6.92 Å². The van der Waals surface area contributed by atoms with E-state index in [4.69, 9.17) is 11.6 Å². The molecule has 7 nitrogen and oxygen atoms in total. The van der Waals surface area contributed by atoms with Crippen LogP contribution in [-0.4, -0.2) is 25.9 Å². The zero-order valence-corrected chi connectivity index (χ0v) is 13.9. The highest BCUT2D eigenvalue weighted by atomic mass is 35.5. The van der Waals surface area contributed by atoms with Crippen molar-refractivity contribution in [2.24, 2.45) is 0 Å². The van der Waals surface area contributed by atoms with Gasteiger partial charge in [-0.1, -0.05) is 22.9 Å². The van der Waals surface area contributed by atoms with Crippen LogP contribution >= 0.6 is 22.9 Å². The molecule has 0 aliphatic heterocycles. The number of aryl methyl sites for hydroxylation is 2. The van der Waals surface area contributed by atoms with Gasteiger partial charge in [0.15, 0.2) is 5.69 Å². The van der Waals surface area contributed by atoms with Gasteiger partial charge in [-0.3, -0.25) is 19.6 Å². The van der Waals surface area contributed by atoms with Crippen LogP contribution < -0.4 is 10.7 Å². The van der Waals surface area contributed by atoms with Gasteiger partial charge in [0.1, 0.15) is 5.01 Å². The predicted octanol–water partition coefficient (Wildman–Crippen LogP) is 2.48. The van der Waals surface area contributed by atoms with Crippen LogP contribution in [0.4, 0.5) is 5.13 Å². The van der Waals surface area contributed by atoms with Crippen molar-refractivity contribution in [2.45, 2.75) is 20.4 Å². The van der Waals surface area contributed by atoms with Crippen LogP contribution in [0.5, 0.6) is 0 Å². The van der Waals surface area contributed by atoms with Crippen molar-refractivity contribution in [3.8, 4) is 0 Å². The summed E-state index contributed by atoms with van der Waals surface area (Å²) in [5, 5.41) is 16.1. The Hall–Kier alpha value is -2.32. The van der Waals surface area contributed by atoms with E-state index in [1.165, 1.54) is 11.3 Å². The van der Waals surface area contributed by atoms with Gasteiger partial charge < -0.3 is 0 Å². The van der Waals surface area contributed by atoms with Gasteiger partial charge in [-0.2, -0.15) is 5.10 Å². The molecule has 3 rings (SSSR count). The van der Waals surface area contributed by atoms with Gasteiger partial charge in [0.2, 0.25) is 10.6 Å². The standard InChI is InChI=1S/C14H12ClN5O2S/c1-3-20-10-5-4-8(15)6-9(10)12(21)11(19-20)13(22)16-14-18-17-7(2)23-14/h4-6H,3H2,1-2H3,(H,16,18,22). The van der Waals surface area contributed by atoms with Crippen molar-refractivity contribution in [1.82, 2.24) is 20.0 Å². The summed E-state index contributed by atoms with van der Waals surface area (Å²) < 4.78 is 1.59. The lowest BCUT2D eigenvalue weighted by Crippen LogP contribution is -2.27. The molecule has 0 unspecified atom stereocenters. The van der Waals surface area contributed by atoms with E-state index in [-0.39, 0.29) is 5.69 Å². The molecular formula is C14H12ClN5O2S. The van der Waals surface area contributed by atoms with E-state index < -0.39 is 11.3 Å². The summed E-state index contributed by atoms with van der Waals surface area (Å²) >= 11 is 7.19. The van der Waals surface area contributed by atoms with Crippen LogP contribution in [-0.2, 0) is 6.54 Å². The number of carbonyl (C=O) groups is 1. The Morgan fingerprint density at radius 3 is 2.83 bits per heavy atom. The smallest absolute Gasteiger partial charge is 0.282 e. The average Bonchev–Trinajstić information content (AvgIpc) is 2.93. The lowest BCUT2D eigenvalue weighted by atomic mass is 10.2. The second kappa shape index (κ2) is 6.05. The molecule has 0 fully saturated rings. The molecule has 1 aromatic carbocycles. The van der Waals surface area contributed by atoms with E-state index in [1.54, 1.807) is 29.8 Å². The Morgan fingerprint density at radius 2 is 2.17 bits per heavy atom. The number of benzene rings is 1. The molecular weight excluding hydrogens is 338 g/mol. The third-order valence-corrected chi connectivity index (χ3v) is 4.17. The molecule has 23 heavy (non-hydrogen) atoms. The van der Waals surface area contributed by atoms with Gasteiger partial charge in [-0.25, -0.2) is 0 Å². The number of carbonyl (C=O) groups excluding carboxylic acids is 1. The van der Waals surface area contributed by atoms with E-state index >= 15 is 0 Å². The van der Waals surface area contributed by atoms with Crippen molar-refractivity contribution >= 4 is 44.9 Å². The van der Waals surface area contributed by atoms with Crippen LogP contribution in [0.25, 0.3) is 10.9 Å². The fourth-order valence-corrected chi connectivity index (χ4v) is 2.91. The fraction of sp³-hybridized carbons (Fsp3) is 0.214. The van der Waals surface area contributed by atoms with Crippen molar-refractivity contribution in [2.75, 3.05) is 5.32 Å². The molecule has 0 aliphatic carbocycles. The lowest BCUT2D eigenvalue weighted by Gasteiger charge is -2.10. The largest absolute Gasteiger partial charge is 0.295 e. The molecule has 0 atom stereocenters. The molecule has 9 heteroatoms. The van der Waals surface area contributed by atoms with Gasteiger partial charge >= 0.3 is 0 Å². The van der Waals surface area contributed by atoms with Gasteiger partial charge in [-0.05, 0) is 32.0 Å². The molecule has 0 aliphatic rings. The van der Waals surface area contributed by atoms with E-state index in [1.807, 2.05) is 6.92 Å². The highest BCUT2D eigenvalue weighted by Gasteiger charge is 2.18.